The van der Waals surface area contributed by atoms with Gasteiger partial charge < -0.3 is 10.6 Å². The van der Waals surface area contributed by atoms with Gasteiger partial charge in [0.25, 0.3) is 0 Å². The highest BCUT2D eigenvalue weighted by Crippen LogP contribution is 2.39. The molecular formula is C20H29FN2O. The Bertz CT molecular complexity index is 551. The van der Waals surface area contributed by atoms with Crippen LogP contribution in [0.5, 0.6) is 0 Å². The number of carbonyl (C=O) groups excluding carboxylic acids is 1. The quantitative estimate of drug-likeness (QED) is 0.885. The van der Waals surface area contributed by atoms with Crippen molar-refractivity contribution in [3.63, 3.8) is 0 Å². The summed E-state index contributed by atoms with van der Waals surface area (Å²) in [6.45, 7) is 3.73. The minimum atomic E-state index is -0.197. The Hall–Kier alpha value is -1.42. The molecule has 0 radical (unpaired) electrons. The second-order valence-electron chi connectivity index (χ2n) is 7.64. The molecule has 132 valence electrons. The first kappa shape index (κ1) is 17.4. The SMILES string of the molecule is C[C@H]1C[C@@H](C(=O)NCC2(c3ccc(F)cc3)CCCCC2)CCN1. The third-order valence-corrected chi connectivity index (χ3v) is 5.86. The van der Waals surface area contributed by atoms with Crippen molar-refractivity contribution in [2.45, 2.75) is 63.3 Å². The average molecular weight is 332 g/mol. The molecule has 2 aliphatic rings. The molecular weight excluding hydrogens is 303 g/mol. The number of piperidine rings is 1. The van der Waals surface area contributed by atoms with Crippen molar-refractivity contribution in [1.82, 2.24) is 10.6 Å². The summed E-state index contributed by atoms with van der Waals surface area (Å²) < 4.78 is 13.3. The van der Waals surface area contributed by atoms with E-state index in [1.165, 1.54) is 24.8 Å². The third kappa shape index (κ3) is 3.97. The fourth-order valence-corrected chi connectivity index (χ4v) is 4.37. The van der Waals surface area contributed by atoms with Gasteiger partial charge in [-0.25, -0.2) is 4.39 Å². The number of halogens is 1. The molecule has 1 aliphatic carbocycles. The lowest BCUT2D eigenvalue weighted by molar-refractivity contribution is -0.126. The maximum Gasteiger partial charge on any atom is 0.223 e. The Morgan fingerprint density at radius 3 is 2.62 bits per heavy atom. The molecule has 1 aromatic rings. The lowest BCUT2D eigenvalue weighted by atomic mass is 9.69. The predicted octanol–water partition coefficient (Wildman–Crippen LogP) is 3.53. The van der Waals surface area contributed by atoms with Crippen LogP contribution < -0.4 is 10.6 Å². The van der Waals surface area contributed by atoms with E-state index in [-0.39, 0.29) is 23.1 Å². The molecule has 2 N–H and O–H groups in total. The van der Waals surface area contributed by atoms with Crippen molar-refractivity contribution in [3.8, 4) is 0 Å². The van der Waals surface area contributed by atoms with Crippen molar-refractivity contribution in [3.05, 3.63) is 35.6 Å². The van der Waals surface area contributed by atoms with Crippen LogP contribution in [0.3, 0.4) is 0 Å². The normalized spacial score (nSPS) is 26.8. The highest BCUT2D eigenvalue weighted by atomic mass is 19.1. The van der Waals surface area contributed by atoms with Gasteiger partial charge in [0.1, 0.15) is 5.82 Å². The summed E-state index contributed by atoms with van der Waals surface area (Å²) in [7, 11) is 0. The van der Waals surface area contributed by atoms with Gasteiger partial charge in [-0.1, -0.05) is 31.4 Å². The first-order valence-corrected chi connectivity index (χ1v) is 9.36. The van der Waals surface area contributed by atoms with E-state index in [2.05, 4.69) is 17.6 Å². The van der Waals surface area contributed by atoms with Crippen LogP contribution >= 0.6 is 0 Å². The summed E-state index contributed by atoms with van der Waals surface area (Å²) in [6.07, 6.45) is 7.58. The zero-order valence-corrected chi connectivity index (χ0v) is 14.6. The van der Waals surface area contributed by atoms with E-state index in [4.69, 9.17) is 0 Å². The molecule has 3 rings (SSSR count). The zero-order chi connectivity index (χ0) is 17.0. The molecule has 2 atom stereocenters. The molecule has 24 heavy (non-hydrogen) atoms. The van der Waals surface area contributed by atoms with Crippen molar-refractivity contribution in [2.75, 3.05) is 13.1 Å². The monoisotopic (exact) mass is 332 g/mol. The highest BCUT2D eigenvalue weighted by molar-refractivity contribution is 5.79. The Morgan fingerprint density at radius 1 is 1.25 bits per heavy atom. The van der Waals surface area contributed by atoms with Crippen LogP contribution in [-0.4, -0.2) is 25.0 Å². The lowest BCUT2D eigenvalue weighted by Gasteiger charge is -2.39. The van der Waals surface area contributed by atoms with Crippen LogP contribution in [0.15, 0.2) is 24.3 Å². The summed E-state index contributed by atoms with van der Waals surface area (Å²) in [5.74, 6) is 0.114. The number of hydrogen-bond donors (Lipinski definition) is 2. The molecule has 0 bridgehead atoms. The highest BCUT2D eigenvalue weighted by Gasteiger charge is 2.35. The first-order valence-electron chi connectivity index (χ1n) is 9.36. The van der Waals surface area contributed by atoms with Crippen LogP contribution in [0.4, 0.5) is 4.39 Å². The van der Waals surface area contributed by atoms with Crippen LogP contribution in [0.2, 0.25) is 0 Å². The fraction of sp³-hybridized carbons (Fsp3) is 0.650. The van der Waals surface area contributed by atoms with Crippen molar-refractivity contribution >= 4 is 5.91 Å². The molecule has 1 aromatic carbocycles. The molecule has 0 unspecified atom stereocenters. The van der Waals surface area contributed by atoms with Gasteiger partial charge in [0.2, 0.25) is 5.91 Å². The van der Waals surface area contributed by atoms with Gasteiger partial charge >= 0.3 is 0 Å². The van der Waals surface area contributed by atoms with E-state index >= 15 is 0 Å². The lowest BCUT2D eigenvalue weighted by Crippen LogP contribution is -2.47. The van der Waals surface area contributed by atoms with E-state index < -0.39 is 0 Å². The number of benzene rings is 1. The topological polar surface area (TPSA) is 41.1 Å². The minimum absolute atomic E-state index is 0.0276. The smallest absolute Gasteiger partial charge is 0.223 e. The Balaban J connectivity index is 1.68. The van der Waals surface area contributed by atoms with Crippen LogP contribution in [0.1, 0.15) is 57.4 Å². The molecule has 3 nitrogen and oxygen atoms in total. The molecule has 1 saturated carbocycles. The maximum absolute atomic E-state index is 13.3. The van der Waals surface area contributed by atoms with E-state index in [0.29, 0.717) is 12.6 Å². The van der Waals surface area contributed by atoms with Gasteiger partial charge in [-0.3, -0.25) is 4.79 Å². The summed E-state index contributed by atoms with van der Waals surface area (Å²) in [4.78, 5) is 12.6. The summed E-state index contributed by atoms with van der Waals surface area (Å²) in [6, 6.07) is 7.30. The van der Waals surface area contributed by atoms with Gasteiger partial charge in [0.15, 0.2) is 0 Å². The summed E-state index contributed by atoms with van der Waals surface area (Å²) in [5.41, 5.74) is 1.14. The number of amides is 1. The largest absolute Gasteiger partial charge is 0.355 e. The molecule has 2 fully saturated rings. The van der Waals surface area contributed by atoms with E-state index in [0.717, 1.165) is 32.2 Å². The third-order valence-electron chi connectivity index (χ3n) is 5.86. The molecule has 1 heterocycles. The van der Waals surface area contributed by atoms with Gasteiger partial charge in [0, 0.05) is 23.9 Å². The first-order chi connectivity index (χ1) is 11.6. The Morgan fingerprint density at radius 2 is 1.96 bits per heavy atom. The molecule has 0 spiro atoms. The van der Waals surface area contributed by atoms with Crippen molar-refractivity contribution < 1.29 is 9.18 Å². The second-order valence-corrected chi connectivity index (χ2v) is 7.64. The average Bonchev–Trinajstić information content (AvgIpc) is 2.61. The van der Waals surface area contributed by atoms with Crippen LogP contribution in [0.25, 0.3) is 0 Å². The van der Waals surface area contributed by atoms with Crippen molar-refractivity contribution in [1.29, 1.82) is 0 Å². The minimum Gasteiger partial charge on any atom is -0.355 e. The van der Waals surface area contributed by atoms with Crippen LogP contribution in [0, 0.1) is 11.7 Å². The van der Waals surface area contributed by atoms with Crippen molar-refractivity contribution in [2.24, 2.45) is 5.92 Å². The Labute approximate surface area is 144 Å². The number of rotatable bonds is 4. The molecule has 0 aromatic heterocycles. The van der Waals surface area contributed by atoms with Crippen LogP contribution in [-0.2, 0) is 10.2 Å². The number of nitrogens with one attached hydrogen (secondary N) is 2. The number of carbonyl (C=O) groups is 1. The summed E-state index contributed by atoms with van der Waals surface area (Å²) in [5, 5.41) is 6.63. The summed E-state index contributed by atoms with van der Waals surface area (Å²) >= 11 is 0. The van der Waals surface area contributed by atoms with E-state index in [1.54, 1.807) is 12.1 Å². The van der Waals surface area contributed by atoms with E-state index in [9.17, 15) is 9.18 Å². The molecule has 1 amide bonds. The Kier molecular flexibility index (Phi) is 5.54. The maximum atomic E-state index is 13.3. The fourth-order valence-electron chi connectivity index (χ4n) is 4.37. The van der Waals surface area contributed by atoms with Gasteiger partial charge in [-0.2, -0.15) is 0 Å². The number of hydrogen-bond acceptors (Lipinski definition) is 2. The second kappa shape index (κ2) is 7.64. The van der Waals surface area contributed by atoms with Gasteiger partial charge in [-0.05, 0) is 56.8 Å². The zero-order valence-electron chi connectivity index (χ0n) is 14.6. The van der Waals surface area contributed by atoms with Gasteiger partial charge in [0.05, 0.1) is 0 Å². The molecule has 4 heteroatoms. The molecule has 1 aliphatic heterocycles. The van der Waals surface area contributed by atoms with Gasteiger partial charge in [-0.15, -0.1) is 0 Å². The van der Waals surface area contributed by atoms with E-state index in [1.807, 2.05) is 12.1 Å². The standard InChI is InChI=1S/C20H29FN2O/c1-15-13-16(9-12-22-15)19(24)23-14-20(10-3-2-4-11-20)17-5-7-18(21)8-6-17/h5-8,15-16,22H,2-4,9-14H2,1H3,(H,23,24)/t15-,16-/m0/s1. The molecule has 1 saturated heterocycles. The predicted molar refractivity (Wildman–Crippen MR) is 94.4 cm³/mol.